The van der Waals surface area contributed by atoms with Crippen molar-refractivity contribution in [3.63, 3.8) is 0 Å². The van der Waals surface area contributed by atoms with Crippen molar-refractivity contribution >= 4 is 34.0 Å². The smallest absolute Gasteiger partial charge is 0.387 e. The largest absolute Gasteiger partial charge is 0.435 e. The van der Waals surface area contributed by atoms with E-state index in [-0.39, 0.29) is 11.7 Å². The van der Waals surface area contributed by atoms with Gasteiger partial charge in [-0.1, -0.05) is 24.3 Å². The Labute approximate surface area is 197 Å². The van der Waals surface area contributed by atoms with Crippen molar-refractivity contribution in [1.82, 2.24) is 14.8 Å². The summed E-state index contributed by atoms with van der Waals surface area (Å²) < 4.78 is 30.9. The standard InChI is InChI=1S/C25H18F2N4O2S/c1-15-22-19(24(32)28-16-9-11-18(12-10-16)33-25(26)27)14-20(21-8-5-13-34-21)29-23(22)31(30-15)17-6-3-2-4-7-17/h2-14,25H,1H3,(H,28,32). The van der Waals surface area contributed by atoms with Gasteiger partial charge < -0.3 is 10.1 Å². The molecule has 34 heavy (non-hydrogen) atoms. The number of fused-ring (bicyclic) bond motifs is 1. The summed E-state index contributed by atoms with van der Waals surface area (Å²) in [5.74, 6) is -0.345. The minimum Gasteiger partial charge on any atom is -0.435 e. The highest BCUT2D eigenvalue weighted by Gasteiger charge is 2.21. The van der Waals surface area contributed by atoms with E-state index < -0.39 is 6.61 Å². The second-order valence-corrected chi connectivity index (χ2v) is 8.37. The third-order valence-corrected chi connectivity index (χ3v) is 6.06. The normalized spacial score (nSPS) is 11.2. The van der Waals surface area contributed by atoms with Crippen molar-refractivity contribution in [2.45, 2.75) is 13.5 Å². The lowest BCUT2D eigenvalue weighted by atomic mass is 10.1. The zero-order valence-electron chi connectivity index (χ0n) is 17.9. The van der Waals surface area contributed by atoms with Gasteiger partial charge in [0.2, 0.25) is 0 Å². The fraction of sp³-hybridized carbons (Fsp3) is 0.0800. The molecule has 9 heteroatoms. The first-order chi connectivity index (χ1) is 16.5. The van der Waals surface area contributed by atoms with Gasteiger partial charge in [-0.15, -0.1) is 11.3 Å². The lowest BCUT2D eigenvalue weighted by Gasteiger charge is -2.10. The fourth-order valence-corrected chi connectivity index (χ4v) is 4.37. The minimum absolute atomic E-state index is 0.0132. The summed E-state index contributed by atoms with van der Waals surface area (Å²) in [6, 6.07) is 21.0. The molecule has 5 aromatic rings. The number of pyridine rings is 1. The quantitative estimate of drug-likeness (QED) is 0.312. The van der Waals surface area contributed by atoms with E-state index in [1.54, 1.807) is 10.7 Å². The van der Waals surface area contributed by atoms with Crippen LogP contribution in [0.15, 0.2) is 78.2 Å². The molecule has 2 aromatic carbocycles. The van der Waals surface area contributed by atoms with Crippen molar-refractivity contribution in [3.05, 3.63) is 89.4 Å². The molecule has 3 heterocycles. The van der Waals surface area contributed by atoms with Crippen LogP contribution in [0.1, 0.15) is 16.1 Å². The summed E-state index contributed by atoms with van der Waals surface area (Å²) in [6.07, 6.45) is 0. The van der Waals surface area contributed by atoms with Gasteiger partial charge in [-0.2, -0.15) is 13.9 Å². The summed E-state index contributed by atoms with van der Waals surface area (Å²) in [5, 5.41) is 10.1. The maximum Gasteiger partial charge on any atom is 0.387 e. The molecule has 1 N–H and O–H groups in total. The van der Waals surface area contributed by atoms with Crippen LogP contribution in [-0.4, -0.2) is 27.3 Å². The molecule has 0 spiro atoms. The van der Waals surface area contributed by atoms with E-state index in [1.165, 1.54) is 35.6 Å². The number of alkyl halides is 2. The average Bonchev–Trinajstić information content (AvgIpc) is 3.49. The summed E-state index contributed by atoms with van der Waals surface area (Å²) in [4.78, 5) is 19.2. The van der Waals surface area contributed by atoms with Crippen LogP contribution >= 0.6 is 11.3 Å². The molecule has 6 nitrogen and oxygen atoms in total. The van der Waals surface area contributed by atoms with Gasteiger partial charge in [0.25, 0.3) is 5.91 Å². The van der Waals surface area contributed by atoms with Gasteiger partial charge >= 0.3 is 6.61 Å². The second kappa shape index (κ2) is 9.03. The predicted molar refractivity (Wildman–Crippen MR) is 128 cm³/mol. The van der Waals surface area contributed by atoms with Gasteiger partial charge in [0, 0.05) is 5.69 Å². The Morgan fingerprint density at radius 1 is 1.06 bits per heavy atom. The monoisotopic (exact) mass is 476 g/mol. The van der Waals surface area contributed by atoms with Crippen molar-refractivity contribution < 1.29 is 18.3 Å². The second-order valence-electron chi connectivity index (χ2n) is 7.42. The van der Waals surface area contributed by atoms with Crippen LogP contribution in [0.3, 0.4) is 0 Å². The molecule has 0 aliphatic carbocycles. The highest BCUT2D eigenvalue weighted by Crippen LogP contribution is 2.31. The van der Waals surface area contributed by atoms with Crippen molar-refractivity contribution in [2.24, 2.45) is 0 Å². The van der Waals surface area contributed by atoms with Crippen molar-refractivity contribution in [1.29, 1.82) is 0 Å². The number of halogens is 2. The van der Waals surface area contributed by atoms with Crippen LogP contribution in [0, 0.1) is 6.92 Å². The molecule has 5 rings (SSSR count). The first kappa shape index (κ1) is 21.7. The molecular weight excluding hydrogens is 458 g/mol. The number of hydrogen-bond acceptors (Lipinski definition) is 5. The molecule has 1 amide bonds. The van der Waals surface area contributed by atoms with Crippen LogP contribution in [-0.2, 0) is 0 Å². The molecule has 170 valence electrons. The molecule has 0 aliphatic heterocycles. The Morgan fingerprint density at radius 3 is 2.50 bits per heavy atom. The Kier molecular flexibility index (Phi) is 5.77. The maximum absolute atomic E-state index is 13.4. The van der Waals surface area contributed by atoms with E-state index in [0.717, 1.165) is 10.6 Å². The summed E-state index contributed by atoms with van der Waals surface area (Å²) in [6.45, 7) is -1.08. The number of rotatable bonds is 6. The Bertz CT molecular complexity index is 1450. The number of anilines is 1. The molecular formula is C25H18F2N4O2S. The van der Waals surface area contributed by atoms with Crippen LogP contribution in [0.2, 0.25) is 0 Å². The molecule has 0 saturated carbocycles. The van der Waals surface area contributed by atoms with Crippen LogP contribution in [0.25, 0.3) is 27.3 Å². The molecule has 0 saturated heterocycles. The number of amides is 1. The molecule has 0 bridgehead atoms. The van der Waals surface area contributed by atoms with Crippen molar-refractivity contribution in [3.8, 4) is 22.0 Å². The SMILES string of the molecule is Cc1nn(-c2ccccc2)c2nc(-c3cccs3)cc(C(=O)Nc3ccc(OC(F)F)cc3)c12. The molecule has 0 unspecified atom stereocenters. The predicted octanol–water partition coefficient (Wildman–Crippen LogP) is 6.31. The van der Waals surface area contributed by atoms with E-state index in [0.29, 0.717) is 33.7 Å². The number of carbonyl (C=O) groups is 1. The first-order valence-electron chi connectivity index (χ1n) is 10.4. The number of aryl methyl sites for hydroxylation is 1. The molecule has 0 fully saturated rings. The first-order valence-corrected chi connectivity index (χ1v) is 11.2. The number of thiophene rings is 1. The number of nitrogens with one attached hydrogen (secondary N) is 1. The molecule has 0 radical (unpaired) electrons. The Morgan fingerprint density at radius 2 is 1.82 bits per heavy atom. The lowest BCUT2D eigenvalue weighted by Crippen LogP contribution is -2.13. The van der Waals surface area contributed by atoms with Gasteiger partial charge in [-0.05, 0) is 60.8 Å². The molecule has 0 atom stereocenters. The highest BCUT2D eigenvalue weighted by atomic mass is 32.1. The number of aromatic nitrogens is 3. The number of benzene rings is 2. The van der Waals surface area contributed by atoms with E-state index in [2.05, 4.69) is 15.2 Å². The van der Waals surface area contributed by atoms with Crippen LogP contribution in [0.4, 0.5) is 14.5 Å². The number of ether oxygens (including phenoxy) is 1. The third-order valence-electron chi connectivity index (χ3n) is 5.17. The number of hydrogen-bond donors (Lipinski definition) is 1. The number of nitrogens with zero attached hydrogens (tertiary/aromatic N) is 3. The molecule has 3 aromatic heterocycles. The van der Waals surface area contributed by atoms with E-state index in [1.807, 2.05) is 54.8 Å². The van der Waals surface area contributed by atoms with E-state index in [9.17, 15) is 13.6 Å². The average molecular weight is 477 g/mol. The fourth-order valence-electron chi connectivity index (χ4n) is 3.69. The van der Waals surface area contributed by atoms with Gasteiger partial charge in [0.05, 0.1) is 32.9 Å². The van der Waals surface area contributed by atoms with Gasteiger partial charge in [-0.3, -0.25) is 4.79 Å². The van der Waals surface area contributed by atoms with E-state index >= 15 is 0 Å². The third kappa shape index (κ3) is 4.25. The van der Waals surface area contributed by atoms with Gasteiger partial charge in [-0.25, -0.2) is 9.67 Å². The van der Waals surface area contributed by atoms with E-state index in [4.69, 9.17) is 4.98 Å². The lowest BCUT2D eigenvalue weighted by molar-refractivity contribution is -0.0498. The number of carbonyl (C=O) groups excluding carboxylic acids is 1. The summed E-state index contributed by atoms with van der Waals surface area (Å²) >= 11 is 1.52. The van der Waals surface area contributed by atoms with Crippen molar-refractivity contribution in [2.75, 3.05) is 5.32 Å². The molecule has 0 aliphatic rings. The minimum atomic E-state index is -2.91. The maximum atomic E-state index is 13.4. The van der Waals surface area contributed by atoms with Crippen LogP contribution < -0.4 is 10.1 Å². The highest BCUT2D eigenvalue weighted by molar-refractivity contribution is 7.13. The Balaban J connectivity index is 1.59. The Hall–Kier alpha value is -4.11. The van der Waals surface area contributed by atoms with Crippen LogP contribution in [0.5, 0.6) is 5.75 Å². The zero-order chi connectivity index (χ0) is 23.7. The summed E-state index contributed by atoms with van der Waals surface area (Å²) in [5.41, 5.74) is 3.58. The van der Waals surface area contributed by atoms with Gasteiger partial charge in [0.1, 0.15) is 5.75 Å². The van der Waals surface area contributed by atoms with Gasteiger partial charge in [0.15, 0.2) is 5.65 Å². The summed E-state index contributed by atoms with van der Waals surface area (Å²) in [7, 11) is 0. The topological polar surface area (TPSA) is 69.0 Å². The number of para-hydroxylation sites is 1. The zero-order valence-corrected chi connectivity index (χ0v) is 18.7.